The van der Waals surface area contributed by atoms with Gasteiger partial charge in [0.25, 0.3) is 0 Å². The molecule has 1 saturated heterocycles. The van der Waals surface area contributed by atoms with E-state index in [0.717, 1.165) is 6.07 Å². The molecule has 1 atom stereocenters. The summed E-state index contributed by atoms with van der Waals surface area (Å²) in [5, 5.41) is 11.6. The second-order valence-electron chi connectivity index (χ2n) is 6.76. The van der Waals surface area contributed by atoms with Gasteiger partial charge in [-0.15, -0.1) is 0 Å². The van der Waals surface area contributed by atoms with Gasteiger partial charge < -0.3 is 15.1 Å². The number of benzene rings is 2. The van der Waals surface area contributed by atoms with Crippen molar-refractivity contribution in [3.63, 3.8) is 0 Å². The predicted molar refractivity (Wildman–Crippen MR) is 100.0 cm³/mol. The minimum Gasteiger partial charge on any atom is -0.365 e. The van der Waals surface area contributed by atoms with Crippen molar-refractivity contribution in [3.05, 3.63) is 59.4 Å². The van der Waals surface area contributed by atoms with Crippen molar-refractivity contribution in [2.75, 3.05) is 29.9 Å². The molecule has 0 radical (unpaired) electrons. The van der Waals surface area contributed by atoms with Gasteiger partial charge in [0.1, 0.15) is 5.82 Å². The lowest BCUT2D eigenvalue weighted by atomic mass is 10.0. The predicted octanol–water partition coefficient (Wildman–Crippen LogP) is 4.46. The third-order valence-corrected chi connectivity index (χ3v) is 4.77. The summed E-state index contributed by atoms with van der Waals surface area (Å²) in [6.07, 6.45) is -4.62. The average molecular weight is 406 g/mol. The Morgan fingerprint density at radius 3 is 2.45 bits per heavy atom. The normalized spacial score (nSPS) is 17.0. The number of nitriles is 1. The first-order chi connectivity index (χ1) is 13.7. The first-order valence-electron chi connectivity index (χ1n) is 8.88. The largest absolute Gasteiger partial charge is 0.417 e. The van der Waals surface area contributed by atoms with Crippen molar-refractivity contribution in [2.24, 2.45) is 0 Å². The van der Waals surface area contributed by atoms with E-state index in [1.54, 1.807) is 15.9 Å². The number of amides is 2. The molecule has 2 aromatic carbocycles. The number of nitrogens with one attached hydrogen (secondary N) is 1. The van der Waals surface area contributed by atoms with E-state index in [4.69, 9.17) is 5.26 Å². The van der Waals surface area contributed by atoms with E-state index in [1.807, 2.05) is 6.92 Å². The third kappa shape index (κ3) is 4.59. The fourth-order valence-corrected chi connectivity index (χ4v) is 3.30. The molecule has 0 aromatic heterocycles. The van der Waals surface area contributed by atoms with Crippen LogP contribution in [0.2, 0.25) is 0 Å². The van der Waals surface area contributed by atoms with E-state index in [1.165, 1.54) is 36.4 Å². The Bertz CT molecular complexity index is 937. The van der Waals surface area contributed by atoms with Crippen molar-refractivity contribution in [1.82, 2.24) is 4.90 Å². The molecule has 1 heterocycles. The van der Waals surface area contributed by atoms with Crippen LogP contribution in [0.3, 0.4) is 0 Å². The molecule has 0 aliphatic carbocycles. The van der Waals surface area contributed by atoms with Gasteiger partial charge >= 0.3 is 12.2 Å². The second kappa shape index (κ2) is 7.99. The Labute approximate surface area is 165 Å². The highest BCUT2D eigenvalue weighted by molar-refractivity contribution is 5.89. The standard InChI is InChI=1S/C20H18F4N4O/c1-13-12-27(19(29)26-16-5-3-15(21)4-6-16)8-9-28(13)17-7-2-14(11-25)18(10-17)20(22,23)24/h2-7,10,13H,8-9,12H2,1H3,(H,26,29). The summed E-state index contributed by atoms with van der Waals surface area (Å²) < 4.78 is 52.6. The monoisotopic (exact) mass is 406 g/mol. The Hall–Kier alpha value is -3.28. The number of anilines is 2. The molecule has 0 spiro atoms. The van der Waals surface area contributed by atoms with Crippen molar-refractivity contribution in [2.45, 2.75) is 19.1 Å². The van der Waals surface area contributed by atoms with Crippen molar-refractivity contribution in [3.8, 4) is 6.07 Å². The summed E-state index contributed by atoms with van der Waals surface area (Å²) in [6, 6.07) is 9.96. The number of carbonyl (C=O) groups excluding carboxylic acids is 1. The first-order valence-corrected chi connectivity index (χ1v) is 8.88. The van der Waals surface area contributed by atoms with Gasteiger partial charge in [-0.25, -0.2) is 9.18 Å². The fourth-order valence-electron chi connectivity index (χ4n) is 3.30. The quantitative estimate of drug-likeness (QED) is 0.750. The lowest BCUT2D eigenvalue weighted by Crippen LogP contribution is -2.54. The smallest absolute Gasteiger partial charge is 0.365 e. The van der Waals surface area contributed by atoms with Crippen LogP contribution in [-0.2, 0) is 6.18 Å². The molecular formula is C20H18F4N4O. The Morgan fingerprint density at radius 1 is 1.17 bits per heavy atom. The van der Waals surface area contributed by atoms with E-state index in [-0.39, 0.29) is 12.1 Å². The van der Waals surface area contributed by atoms with Crippen LogP contribution >= 0.6 is 0 Å². The summed E-state index contributed by atoms with van der Waals surface area (Å²) in [5.41, 5.74) is -0.594. The first kappa shape index (κ1) is 20.5. The number of hydrogen-bond acceptors (Lipinski definition) is 3. The highest BCUT2D eigenvalue weighted by Gasteiger charge is 2.35. The molecule has 29 heavy (non-hydrogen) atoms. The summed E-state index contributed by atoms with van der Waals surface area (Å²) in [7, 11) is 0. The topological polar surface area (TPSA) is 59.4 Å². The zero-order valence-electron chi connectivity index (χ0n) is 15.5. The fraction of sp³-hybridized carbons (Fsp3) is 0.300. The van der Waals surface area contributed by atoms with E-state index in [2.05, 4.69) is 5.32 Å². The lowest BCUT2D eigenvalue weighted by Gasteiger charge is -2.41. The number of alkyl halides is 3. The van der Waals surface area contributed by atoms with Crippen LogP contribution in [0.4, 0.5) is 33.7 Å². The van der Waals surface area contributed by atoms with Crippen LogP contribution in [0.15, 0.2) is 42.5 Å². The van der Waals surface area contributed by atoms with Gasteiger partial charge in [0.05, 0.1) is 17.2 Å². The molecule has 0 bridgehead atoms. The molecule has 1 fully saturated rings. The highest BCUT2D eigenvalue weighted by Crippen LogP contribution is 2.35. The number of halogens is 4. The van der Waals surface area contributed by atoms with Crippen LogP contribution < -0.4 is 10.2 Å². The maximum absolute atomic E-state index is 13.2. The summed E-state index contributed by atoms with van der Waals surface area (Å²) in [6.45, 7) is 2.75. The van der Waals surface area contributed by atoms with Crippen molar-refractivity contribution < 1.29 is 22.4 Å². The number of nitrogens with zero attached hydrogens (tertiary/aromatic N) is 3. The number of hydrogen-bond donors (Lipinski definition) is 1. The van der Waals surface area contributed by atoms with Crippen LogP contribution in [0.25, 0.3) is 0 Å². The van der Waals surface area contributed by atoms with E-state index >= 15 is 0 Å². The van der Waals surface area contributed by atoms with Crippen molar-refractivity contribution in [1.29, 1.82) is 5.26 Å². The van der Waals surface area contributed by atoms with Crippen LogP contribution in [0.1, 0.15) is 18.1 Å². The average Bonchev–Trinajstić information content (AvgIpc) is 2.68. The van der Waals surface area contributed by atoms with E-state index in [0.29, 0.717) is 31.0 Å². The maximum Gasteiger partial charge on any atom is 0.417 e. The number of carbonyl (C=O) groups is 1. The Kier molecular flexibility index (Phi) is 5.64. The van der Waals surface area contributed by atoms with Gasteiger partial charge in [0.2, 0.25) is 0 Å². The van der Waals surface area contributed by atoms with Gasteiger partial charge in [-0.05, 0) is 49.4 Å². The molecule has 9 heteroatoms. The van der Waals surface area contributed by atoms with Crippen LogP contribution in [0, 0.1) is 17.1 Å². The Morgan fingerprint density at radius 2 is 1.86 bits per heavy atom. The summed E-state index contributed by atoms with van der Waals surface area (Å²) >= 11 is 0. The van der Waals surface area contributed by atoms with Crippen LogP contribution in [0.5, 0.6) is 0 Å². The van der Waals surface area contributed by atoms with Gasteiger partial charge in [0, 0.05) is 37.1 Å². The molecule has 152 valence electrons. The van der Waals surface area contributed by atoms with Gasteiger partial charge in [0.15, 0.2) is 0 Å². The van der Waals surface area contributed by atoms with Gasteiger partial charge in [-0.2, -0.15) is 18.4 Å². The molecular weight excluding hydrogens is 388 g/mol. The number of rotatable bonds is 2. The molecule has 3 rings (SSSR count). The molecule has 1 aliphatic heterocycles. The van der Waals surface area contributed by atoms with Gasteiger partial charge in [-0.3, -0.25) is 0 Å². The van der Waals surface area contributed by atoms with Gasteiger partial charge in [-0.1, -0.05) is 0 Å². The SMILES string of the molecule is CC1CN(C(=O)Nc2ccc(F)cc2)CCN1c1ccc(C#N)c(C(F)(F)F)c1. The molecule has 1 aliphatic rings. The summed E-state index contributed by atoms with van der Waals surface area (Å²) in [4.78, 5) is 15.8. The molecule has 5 nitrogen and oxygen atoms in total. The van der Waals surface area contributed by atoms with Crippen molar-refractivity contribution >= 4 is 17.4 Å². The lowest BCUT2D eigenvalue weighted by molar-refractivity contribution is -0.137. The zero-order chi connectivity index (χ0) is 21.2. The van der Waals surface area contributed by atoms with E-state index in [9.17, 15) is 22.4 Å². The van der Waals surface area contributed by atoms with E-state index < -0.39 is 23.1 Å². The number of piperazine rings is 1. The second-order valence-corrected chi connectivity index (χ2v) is 6.76. The molecule has 2 amide bonds. The minimum atomic E-state index is -4.62. The minimum absolute atomic E-state index is 0.239. The summed E-state index contributed by atoms with van der Waals surface area (Å²) in [5.74, 6) is -0.411. The molecule has 1 N–H and O–H groups in total. The Balaban J connectivity index is 1.71. The number of urea groups is 1. The molecule has 1 unspecified atom stereocenters. The maximum atomic E-state index is 13.2. The third-order valence-electron chi connectivity index (χ3n) is 4.77. The van der Waals surface area contributed by atoms with Crippen LogP contribution in [-0.4, -0.2) is 36.6 Å². The molecule has 2 aromatic rings. The highest BCUT2D eigenvalue weighted by atomic mass is 19.4. The zero-order valence-corrected chi connectivity index (χ0v) is 15.5. The molecule has 0 saturated carbocycles.